The van der Waals surface area contributed by atoms with Crippen molar-refractivity contribution >= 4 is 9.84 Å². The highest BCUT2D eigenvalue weighted by Crippen LogP contribution is 2.22. The van der Waals surface area contributed by atoms with Gasteiger partial charge in [0, 0.05) is 0 Å². The predicted molar refractivity (Wildman–Crippen MR) is 82.9 cm³/mol. The van der Waals surface area contributed by atoms with Crippen molar-refractivity contribution in [3.63, 3.8) is 0 Å². The van der Waals surface area contributed by atoms with Gasteiger partial charge in [0.1, 0.15) is 17.3 Å². The van der Waals surface area contributed by atoms with Gasteiger partial charge in [-0.3, -0.25) is 0 Å². The Morgan fingerprint density at radius 2 is 1.81 bits per heavy atom. The Labute approximate surface area is 126 Å². The minimum atomic E-state index is -3.39. The van der Waals surface area contributed by atoms with E-state index in [2.05, 4.69) is 5.32 Å². The first-order chi connectivity index (χ1) is 9.92. The molecule has 114 valence electrons. The molecule has 1 N–H and O–H groups in total. The first-order valence-electron chi connectivity index (χ1n) is 7.00. The van der Waals surface area contributed by atoms with Gasteiger partial charge in [-0.15, -0.1) is 0 Å². The summed E-state index contributed by atoms with van der Waals surface area (Å²) in [5, 5.41) is 3.15. The fourth-order valence-electron chi connectivity index (χ4n) is 2.15. The van der Waals surface area contributed by atoms with Crippen LogP contribution in [0.3, 0.4) is 0 Å². The molecule has 0 atom stereocenters. The van der Waals surface area contributed by atoms with Crippen molar-refractivity contribution < 1.29 is 12.8 Å². The van der Waals surface area contributed by atoms with E-state index in [1.165, 1.54) is 0 Å². The first-order valence-corrected chi connectivity index (χ1v) is 8.66. The summed E-state index contributed by atoms with van der Waals surface area (Å²) < 4.78 is 30.6. The molecule has 1 aromatic heterocycles. The molecule has 0 spiro atoms. The van der Waals surface area contributed by atoms with Crippen LogP contribution >= 0.6 is 0 Å². The van der Waals surface area contributed by atoms with Gasteiger partial charge in [0.2, 0.25) is 0 Å². The molecule has 0 amide bonds. The SMILES string of the molecule is CCNCc1ccc(CS(=O)(=O)c2cc(C)ccc2C)o1. The normalized spacial score (nSPS) is 11.8. The third-order valence-corrected chi connectivity index (χ3v) is 5.05. The minimum Gasteiger partial charge on any atom is -0.464 e. The number of hydrogen-bond donors (Lipinski definition) is 1. The van der Waals surface area contributed by atoms with Crippen molar-refractivity contribution in [2.45, 2.75) is 38.0 Å². The molecular weight excluding hydrogens is 286 g/mol. The molecule has 2 aromatic rings. The molecule has 5 heteroatoms. The van der Waals surface area contributed by atoms with Gasteiger partial charge >= 0.3 is 0 Å². The maximum Gasteiger partial charge on any atom is 0.185 e. The number of nitrogens with one attached hydrogen (secondary N) is 1. The van der Waals surface area contributed by atoms with E-state index in [1.807, 2.05) is 39.0 Å². The highest BCUT2D eigenvalue weighted by Gasteiger charge is 2.20. The zero-order chi connectivity index (χ0) is 15.5. The van der Waals surface area contributed by atoms with E-state index in [0.29, 0.717) is 17.2 Å². The van der Waals surface area contributed by atoms with Crippen LogP contribution < -0.4 is 5.32 Å². The highest BCUT2D eigenvalue weighted by atomic mass is 32.2. The van der Waals surface area contributed by atoms with E-state index >= 15 is 0 Å². The third kappa shape index (κ3) is 3.95. The van der Waals surface area contributed by atoms with Crippen LogP contribution in [0.1, 0.15) is 29.6 Å². The average molecular weight is 307 g/mol. The van der Waals surface area contributed by atoms with Crippen molar-refractivity contribution in [1.29, 1.82) is 0 Å². The van der Waals surface area contributed by atoms with Gasteiger partial charge in [-0.2, -0.15) is 0 Å². The van der Waals surface area contributed by atoms with Crippen molar-refractivity contribution in [2.75, 3.05) is 6.54 Å². The molecule has 0 saturated carbocycles. The monoisotopic (exact) mass is 307 g/mol. The quantitative estimate of drug-likeness (QED) is 0.891. The maximum absolute atomic E-state index is 12.5. The largest absolute Gasteiger partial charge is 0.464 e. The zero-order valence-electron chi connectivity index (χ0n) is 12.6. The molecule has 4 nitrogen and oxygen atoms in total. The summed E-state index contributed by atoms with van der Waals surface area (Å²) in [5.41, 5.74) is 1.70. The van der Waals surface area contributed by atoms with Gasteiger partial charge in [0.25, 0.3) is 0 Å². The van der Waals surface area contributed by atoms with E-state index < -0.39 is 9.84 Å². The second-order valence-corrected chi connectivity index (χ2v) is 7.13. The van der Waals surface area contributed by atoms with E-state index in [9.17, 15) is 8.42 Å². The summed E-state index contributed by atoms with van der Waals surface area (Å²) in [5.74, 6) is 1.12. The minimum absolute atomic E-state index is 0.108. The lowest BCUT2D eigenvalue weighted by Crippen LogP contribution is -2.11. The van der Waals surface area contributed by atoms with Crippen molar-refractivity contribution in [3.8, 4) is 0 Å². The Hall–Kier alpha value is -1.59. The molecule has 0 bridgehead atoms. The molecule has 0 aliphatic heterocycles. The van der Waals surface area contributed by atoms with Gasteiger partial charge in [0.15, 0.2) is 9.84 Å². The fraction of sp³-hybridized carbons (Fsp3) is 0.375. The summed E-state index contributed by atoms with van der Waals surface area (Å²) in [6, 6.07) is 9.01. The van der Waals surface area contributed by atoms with Crippen LogP contribution in [-0.4, -0.2) is 15.0 Å². The first kappa shape index (κ1) is 15.8. The van der Waals surface area contributed by atoms with E-state index in [-0.39, 0.29) is 5.75 Å². The Morgan fingerprint density at radius 1 is 1.10 bits per heavy atom. The lowest BCUT2D eigenvalue weighted by atomic mass is 10.2. The Balaban J connectivity index is 2.21. The molecule has 2 rings (SSSR count). The summed E-state index contributed by atoms with van der Waals surface area (Å²) in [6.07, 6.45) is 0. The number of benzene rings is 1. The van der Waals surface area contributed by atoms with Crippen molar-refractivity contribution in [2.24, 2.45) is 0 Å². The standard InChI is InChI=1S/C16H21NO3S/c1-4-17-10-14-7-8-15(20-14)11-21(18,19)16-9-12(2)5-6-13(16)3/h5-9,17H,4,10-11H2,1-3H3. The van der Waals surface area contributed by atoms with Crippen molar-refractivity contribution in [1.82, 2.24) is 5.32 Å². The molecule has 1 aromatic carbocycles. The molecule has 21 heavy (non-hydrogen) atoms. The number of rotatable bonds is 6. The molecule has 0 aliphatic carbocycles. The van der Waals surface area contributed by atoms with Crippen LogP contribution in [0.2, 0.25) is 0 Å². The van der Waals surface area contributed by atoms with Crippen LogP contribution in [0.5, 0.6) is 0 Å². The van der Waals surface area contributed by atoms with Gasteiger partial charge < -0.3 is 9.73 Å². The van der Waals surface area contributed by atoms with Crippen LogP contribution in [0, 0.1) is 13.8 Å². The van der Waals surface area contributed by atoms with Crippen LogP contribution in [0.15, 0.2) is 39.6 Å². The second-order valence-electron chi connectivity index (χ2n) is 5.18. The Kier molecular flexibility index (Phi) is 4.85. The van der Waals surface area contributed by atoms with Gasteiger partial charge in [-0.25, -0.2) is 8.42 Å². The third-order valence-electron chi connectivity index (χ3n) is 3.28. The molecule has 0 aliphatic rings. The summed E-state index contributed by atoms with van der Waals surface area (Å²) in [7, 11) is -3.39. The van der Waals surface area contributed by atoms with E-state index in [0.717, 1.165) is 23.4 Å². The maximum atomic E-state index is 12.5. The molecule has 0 radical (unpaired) electrons. The van der Waals surface area contributed by atoms with Crippen molar-refractivity contribution in [3.05, 3.63) is 53.0 Å². The van der Waals surface area contributed by atoms with Gasteiger partial charge in [-0.1, -0.05) is 19.1 Å². The van der Waals surface area contributed by atoms with Crippen LogP contribution in [0.25, 0.3) is 0 Å². The summed E-state index contributed by atoms with van der Waals surface area (Å²) in [4.78, 5) is 0.382. The number of aryl methyl sites for hydroxylation is 2. The lowest BCUT2D eigenvalue weighted by molar-refractivity contribution is 0.459. The topological polar surface area (TPSA) is 59.3 Å². The molecule has 0 fully saturated rings. The summed E-state index contributed by atoms with van der Waals surface area (Å²) >= 11 is 0. The van der Waals surface area contributed by atoms with E-state index in [4.69, 9.17) is 4.42 Å². The second kappa shape index (κ2) is 6.45. The zero-order valence-corrected chi connectivity index (χ0v) is 13.5. The molecule has 0 saturated heterocycles. The van der Waals surface area contributed by atoms with Crippen LogP contribution in [-0.2, 0) is 22.1 Å². The summed E-state index contributed by atoms with van der Waals surface area (Å²) in [6.45, 7) is 7.16. The average Bonchev–Trinajstić information content (AvgIpc) is 2.86. The molecular formula is C16H21NO3S. The van der Waals surface area contributed by atoms with Crippen LogP contribution in [0.4, 0.5) is 0 Å². The molecule has 0 unspecified atom stereocenters. The van der Waals surface area contributed by atoms with Gasteiger partial charge in [-0.05, 0) is 49.7 Å². The lowest BCUT2D eigenvalue weighted by Gasteiger charge is -2.07. The molecule has 1 heterocycles. The Morgan fingerprint density at radius 3 is 2.52 bits per heavy atom. The van der Waals surface area contributed by atoms with E-state index in [1.54, 1.807) is 12.1 Å². The number of sulfone groups is 1. The highest BCUT2D eigenvalue weighted by molar-refractivity contribution is 7.90. The van der Waals surface area contributed by atoms with Gasteiger partial charge in [0.05, 0.1) is 11.4 Å². The Bertz CT molecular complexity index is 717. The number of furan rings is 1. The predicted octanol–water partition coefficient (Wildman–Crippen LogP) is 2.98. The fourth-order valence-corrected chi connectivity index (χ4v) is 3.76. The number of hydrogen-bond acceptors (Lipinski definition) is 4. The smallest absolute Gasteiger partial charge is 0.185 e.